The molecule has 0 saturated heterocycles. The number of hydrogen-bond acceptors (Lipinski definition) is 5. The summed E-state index contributed by atoms with van der Waals surface area (Å²) in [5.74, 6) is 2.19. The Morgan fingerprint density at radius 1 is 1.47 bits per heavy atom. The molecule has 5 heteroatoms. The van der Waals surface area contributed by atoms with Gasteiger partial charge in [0.1, 0.15) is 0 Å². The van der Waals surface area contributed by atoms with E-state index in [1.807, 2.05) is 0 Å². The van der Waals surface area contributed by atoms with Crippen LogP contribution in [0, 0.1) is 5.92 Å². The molecule has 0 radical (unpaired) electrons. The Morgan fingerprint density at radius 3 is 3.06 bits per heavy atom. The summed E-state index contributed by atoms with van der Waals surface area (Å²) in [4.78, 5) is 4.39. The zero-order chi connectivity index (χ0) is 12.1. The van der Waals surface area contributed by atoms with Gasteiger partial charge in [0.2, 0.25) is 0 Å². The average molecular weight is 239 g/mol. The number of nitrogens with zero attached hydrogens (tertiary/aromatic N) is 2. The Labute approximate surface area is 102 Å². The van der Waals surface area contributed by atoms with Gasteiger partial charge in [-0.3, -0.25) is 0 Å². The molecule has 0 amide bonds. The van der Waals surface area contributed by atoms with Gasteiger partial charge in [0.25, 0.3) is 0 Å². The smallest absolute Gasteiger partial charge is 0.321 e. The topological polar surface area (TPSA) is 60.2 Å². The van der Waals surface area contributed by atoms with Crippen LogP contribution in [-0.4, -0.2) is 30.4 Å². The predicted molar refractivity (Wildman–Crippen MR) is 65.0 cm³/mol. The minimum absolute atomic E-state index is 0.488. The lowest BCUT2D eigenvalue weighted by molar-refractivity contribution is 0.210. The molecule has 1 N–H and O–H groups in total. The molecule has 2 rings (SSSR count). The summed E-state index contributed by atoms with van der Waals surface area (Å²) >= 11 is 0. The number of nitrogens with one attached hydrogen (secondary N) is 1. The van der Waals surface area contributed by atoms with Gasteiger partial charge in [-0.05, 0) is 25.2 Å². The molecular weight excluding hydrogens is 218 g/mol. The van der Waals surface area contributed by atoms with Gasteiger partial charge in [-0.25, -0.2) is 0 Å². The zero-order valence-corrected chi connectivity index (χ0v) is 10.6. The fourth-order valence-corrected chi connectivity index (χ4v) is 2.41. The third-order valence-electron chi connectivity index (χ3n) is 3.51. The summed E-state index contributed by atoms with van der Waals surface area (Å²) in [7, 11) is 1.67. The lowest BCUT2D eigenvalue weighted by atomic mass is 10.0. The quantitative estimate of drug-likeness (QED) is 0.772. The van der Waals surface area contributed by atoms with Gasteiger partial charge in [-0.1, -0.05) is 18.5 Å². The standard InChI is InChI=1S/C12H21N3O2/c1-3-9-4-5-10(8-9)11-14-12(17-15-11)13-6-7-16-2/h9-10H,3-8H2,1-2H3,(H,13,14,15). The van der Waals surface area contributed by atoms with E-state index in [4.69, 9.17) is 9.26 Å². The van der Waals surface area contributed by atoms with Crippen LogP contribution < -0.4 is 5.32 Å². The molecule has 1 fully saturated rings. The van der Waals surface area contributed by atoms with Gasteiger partial charge in [0.05, 0.1) is 6.61 Å². The normalized spacial score (nSPS) is 24.1. The van der Waals surface area contributed by atoms with Crippen LogP contribution in [0.1, 0.15) is 44.3 Å². The van der Waals surface area contributed by atoms with E-state index in [1.165, 1.54) is 25.7 Å². The number of anilines is 1. The lowest BCUT2D eigenvalue weighted by Crippen LogP contribution is -2.07. The summed E-state index contributed by atoms with van der Waals surface area (Å²) in [5.41, 5.74) is 0. The number of ether oxygens (including phenoxy) is 1. The van der Waals surface area contributed by atoms with Crippen molar-refractivity contribution in [3.63, 3.8) is 0 Å². The first-order valence-corrected chi connectivity index (χ1v) is 6.40. The van der Waals surface area contributed by atoms with E-state index in [0.29, 0.717) is 25.1 Å². The highest BCUT2D eigenvalue weighted by Crippen LogP contribution is 2.38. The molecule has 1 aliphatic carbocycles. The summed E-state index contributed by atoms with van der Waals surface area (Å²) in [6.45, 7) is 3.58. The highest BCUT2D eigenvalue weighted by molar-refractivity contribution is 5.19. The molecule has 2 atom stereocenters. The van der Waals surface area contributed by atoms with Crippen LogP contribution in [0.25, 0.3) is 0 Å². The Bertz CT molecular complexity index is 340. The van der Waals surface area contributed by atoms with E-state index in [-0.39, 0.29) is 0 Å². The van der Waals surface area contributed by atoms with Gasteiger partial charge in [0.15, 0.2) is 5.82 Å². The van der Waals surface area contributed by atoms with Crippen molar-refractivity contribution in [1.29, 1.82) is 0 Å². The van der Waals surface area contributed by atoms with Crippen LogP contribution in [0.15, 0.2) is 4.52 Å². The van der Waals surface area contributed by atoms with E-state index in [1.54, 1.807) is 7.11 Å². The molecule has 0 bridgehead atoms. The molecule has 17 heavy (non-hydrogen) atoms. The summed E-state index contributed by atoms with van der Waals surface area (Å²) in [5, 5.41) is 7.11. The molecule has 1 heterocycles. The summed E-state index contributed by atoms with van der Waals surface area (Å²) < 4.78 is 10.1. The molecule has 96 valence electrons. The summed E-state index contributed by atoms with van der Waals surface area (Å²) in [6.07, 6.45) is 4.94. The van der Waals surface area contributed by atoms with E-state index in [9.17, 15) is 0 Å². The van der Waals surface area contributed by atoms with E-state index in [0.717, 1.165) is 11.7 Å². The van der Waals surface area contributed by atoms with Crippen molar-refractivity contribution in [2.24, 2.45) is 5.92 Å². The Morgan fingerprint density at radius 2 is 2.35 bits per heavy atom. The predicted octanol–water partition coefficient (Wildman–Crippen LogP) is 2.42. The van der Waals surface area contributed by atoms with Crippen molar-refractivity contribution in [2.75, 3.05) is 25.6 Å². The minimum atomic E-state index is 0.488. The monoisotopic (exact) mass is 239 g/mol. The van der Waals surface area contributed by atoms with Crippen molar-refractivity contribution in [3.05, 3.63) is 5.82 Å². The first-order valence-electron chi connectivity index (χ1n) is 6.40. The maximum Gasteiger partial charge on any atom is 0.321 e. The minimum Gasteiger partial charge on any atom is -0.383 e. The molecule has 0 aromatic carbocycles. The third kappa shape index (κ3) is 3.19. The molecule has 1 saturated carbocycles. The van der Waals surface area contributed by atoms with Crippen LogP contribution in [-0.2, 0) is 4.74 Å². The van der Waals surface area contributed by atoms with Crippen LogP contribution >= 0.6 is 0 Å². The molecule has 1 aromatic rings. The van der Waals surface area contributed by atoms with Gasteiger partial charge in [-0.15, -0.1) is 0 Å². The number of rotatable bonds is 6. The average Bonchev–Trinajstić information content (AvgIpc) is 2.97. The molecule has 2 unspecified atom stereocenters. The van der Waals surface area contributed by atoms with Crippen molar-refractivity contribution in [3.8, 4) is 0 Å². The SMILES string of the molecule is CCC1CCC(c2noc(NCCOC)n2)C1. The van der Waals surface area contributed by atoms with Crippen LogP contribution in [0.4, 0.5) is 6.01 Å². The first-order chi connectivity index (χ1) is 8.33. The second kappa shape index (κ2) is 6.00. The van der Waals surface area contributed by atoms with E-state index >= 15 is 0 Å². The van der Waals surface area contributed by atoms with Crippen molar-refractivity contribution >= 4 is 6.01 Å². The zero-order valence-electron chi connectivity index (χ0n) is 10.6. The fraction of sp³-hybridized carbons (Fsp3) is 0.833. The van der Waals surface area contributed by atoms with Crippen molar-refractivity contribution < 1.29 is 9.26 Å². The largest absolute Gasteiger partial charge is 0.383 e. The second-order valence-corrected chi connectivity index (χ2v) is 4.66. The van der Waals surface area contributed by atoms with Gasteiger partial charge in [-0.2, -0.15) is 4.98 Å². The van der Waals surface area contributed by atoms with E-state index < -0.39 is 0 Å². The maximum absolute atomic E-state index is 5.16. The molecule has 0 aliphatic heterocycles. The molecule has 0 spiro atoms. The Hall–Kier alpha value is -1.10. The van der Waals surface area contributed by atoms with Crippen LogP contribution in [0.5, 0.6) is 0 Å². The molecule has 5 nitrogen and oxygen atoms in total. The van der Waals surface area contributed by atoms with Crippen LogP contribution in [0.2, 0.25) is 0 Å². The highest BCUT2D eigenvalue weighted by Gasteiger charge is 2.28. The Balaban J connectivity index is 1.85. The third-order valence-corrected chi connectivity index (χ3v) is 3.51. The van der Waals surface area contributed by atoms with Crippen molar-refractivity contribution in [1.82, 2.24) is 10.1 Å². The number of aromatic nitrogens is 2. The molecular formula is C12H21N3O2. The lowest BCUT2D eigenvalue weighted by Gasteiger charge is -2.04. The van der Waals surface area contributed by atoms with E-state index in [2.05, 4.69) is 22.4 Å². The Kier molecular flexibility index (Phi) is 4.36. The van der Waals surface area contributed by atoms with Crippen LogP contribution in [0.3, 0.4) is 0 Å². The van der Waals surface area contributed by atoms with Gasteiger partial charge < -0.3 is 14.6 Å². The molecule has 1 aromatic heterocycles. The second-order valence-electron chi connectivity index (χ2n) is 4.66. The molecule has 1 aliphatic rings. The van der Waals surface area contributed by atoms with Gasteiger partial charge in [0, 0.05) is 19.6 Å². The number of methoxy groups -OCH3 is 1. The maximum atomic E-state index is 5.16. The fourth-order valence-electron chi connectivity index (χ4n) is 2.41. The highest BCUT2D eigenvalue weighted by atomic mass is 16.5. The summed E-state index contributed by atoms with van der Waals surface area (Å²) in [6, 6.07) is 0.511. The van der Waals surface area contributed by atoms with Crippen molar-refractivity contribution in [2.45, 2.75) is 38.5 Å². The first kappa shape index (κ1) is 12.4. The number of hydrogen-bond donors (Lipinski definition) is 1. The van der Waals surface area contributed by atoms with Gasteiger partial charge >= 0.3 is 6.01 Å².